The number of nitrogens with one attached hydrogen (secondary N) is 1. The third kappa shape index (κ3) is 3.48. The van der Waals surface area contributed by atoms with Crippen molar-refractivity contribution in [2.24, 2.45) is 11.3 Å². The van der Waals surface area contributed by atoms with E-state index < -0.39 is 10.2 Å². The second-order valence-corrected chi connectivity index (χ2v) is 8.62. The molecule has 19 heavy (non-hydrogen) atoms. The minimum absolute atomic E-state index is 0.283. The Labute approximate surface area is 117 Å². The summed E-state index contributed by atoms with van der Waals surface area (Å²) in [5.74, 6) is 0.627. The molecule has 112 valence electrons. The fourth-order valence-electron chi connectivity index (χ4n) is 2.99. The number of rotatable bonds is 2. The summed E-state index contributed by atoms with van der Waals surface area (Å²) in [6.07, 6.45) is 1.96. The average molecular weight is 289 g/mol. The number of piperidine rings is 1. The molecule has 0 aromatic rings. The maximum absolute atomic E-state index is 12.5. The van der Waals surface area contributed by atoms with Gasteiger partial charge >= 0.3 is 0 Å². The van der Waals surface area contributed by atoms with Crippen molar-refractivity contribution in [2.75, 3.05) is 39.3 Å². The fourth-order valence-corrected chi connectivity index (χ4v) is 4.63. The van der Waals surface area contributed by atoms with Gasteiger partial charge in [0.05, 0.1) is 0 Å². The van der Waals surface area contributed by atoms with Crippen molar-refractivity contribution >= 4 is 10.2 Å². The molecular formula is C13H27N3O2S. The van der Waals surface area contributed by atoms with E-state index >= 15 is 0 Å². The molecular weight excluding hydrogens is 262 g/mol. The quantitative estimate of drug-likeness (QED) is 0.821. The van der Waals surface area contributed by atoms with Crippen molar-refractivity contribution in [2.45, 2.75) is 33.6 Å². The molecule has 0 saturated carbocycles. The van der Waals surface area contributed by atoms with E-state index in [2.05, 4.69) is 26.1 Å². The molecule has 2 rings (SSSR count). The van der Waals surface area contributed by atoms with E-state index in [1.807, 2.05) is 0 Å². The number of piperazine rings is 1. The standard InChI is InChI=1S/C13H27N3O2S/c1-13(2,3)12-4-8-15(9-5-12)19(17,18)16-10-6-14-7-11-16/h12,14H,4-11H2,1-3H3. The van der Waals surface area contributed by atoms with E-state index in [1.165, 1.54) is 0 Å². The van der Waals surface area contributed by atoms with E-state index in [4.69, 9.17) is 0 Å². The fraction of sp³-hybridized carbons (Fsp3) is 1.00. The zero-order valence-corrected chi connectivity index (χ0v) is 13.2. The summed E-state index contributed by atoms with van der Waals surface area (Å²) < 4.78 is 28.3. The van der Waals surface area contributed by atoms with Crippen LogP contribution in [0.5, 0.6) is 0 Å². The van der Waals surface area contributed by atoms with Gasteiger partial charge < -0.3 is 5.32 Å². The number of nitrogens with zero attached hydrogens (tertiary/aromatic N) is 2. The molecule has 5 nitrogen and oxygen atoms in total. The van der Waals surface area contributed by atoms with Crippen LogP contribution in [-0.4, -0.2) is 56.3 Å². The average Bonchev–Trinajstić information content (AvgIpc) is 2.39. The van der Waals surface area contributed by atoms with Gasteiger partial charge in [-0.1, -0.05) is 20.8 Å². The molecule has 0 aliphatic carbocycles. The lowest BCUT2D eigenvalue weighted by Crippen LogP contribution is -2.53. The van der Waals surface area contributed by atoms with Gasteiger partial charge in [-0.25, -0.2) is 0 Å². The molecule has 6 heteroatoms. The van der Waals surface area contributed by atoms with Crippen LogP contribution in [0.15, 0.2) is 0 Å². The summed E-state index contributed by atoms with van der Waals surface area (Å²) in [4.78, 5) is 0. The lowest BCUT2D eigenvalue weighted by atomic mass is 9.76. The Morgan fingerprint density at radius 2 is 1.42 bits per heavy atom. The molecule has 0 amide bonds. The normalized spacial score (nSPS) is 25.6. The van der Waals surface area contributed by atoms with Crippen molar-refractivity contribution in [3.63, 3.8) is 0 Å². The van der Waals surface area contributed by atoms with Crippen molar-refractivity contribution in [1.29, 1.82) is 0 Å². The minimum atomic E-state index is -3.23. The van der Waals surface area contributed by atoms with Crippen LogP contribution in [0, 0.1) is 11.3 Å². The third-order valence-corrected chi connectivity index (χ3v) is 6.44. The Bertz CT molecular complexity index is 389. The molecule has 2 fully saturated rings. The van der Waals surface area contributed by atoms with Crippen LogP contribution < -0.4 is 5.32 Å². The maximum atomic E-state index is 12.5. The molecule has 2 heterocycles. The first-order chi connectivity index (χ1) is 8.82. The lowest BCUT2D eigenvalue weighted by Gasteiger charge is -2.40. The van der Waals surface area contributed by atoms with Crippen molar-refractivity contribution in [3.05, 3.63) is 0 Å². The van der Waals surface area contributed by atoms with Crippen molar-refractivity contribution in [1.82, 2.24) is 13.9 Å². The summed E-state index contributed by atoms with van der Waals surface area (Å²) in [7, 11) is -3.23. The van der Waals surface area contributed by atoms with Crippen LogP contribution >= 0.6 is 0 Å². The topological polar surface area (TPSA) is 52.7 Å². The van der Waals surface area contributed by atoms with Crippen molar-refractivity contribution in [3.8, 4) is 0 Å². The molecule has 0 spiro atoms. The Morgan fingerprint density at radius 3 is 1.89 bits per heavy atom. The Hall–Kier alpha value is -0.170. The monoisotopic (exact) mass is 289 g/mol. The van der Waals surface area contributed by atoms with Crippen LogP contribution in [0.4, 0.5) is 0 Å². The van der Waals surface area contributed by atoms with E-state index in [9.17, 15) is 8.42 Å². The Kier molecular flexibility index (Phi) is 4.55. The zero-order chi connectivity index (χ0) is 14.1. The molecule has 2 aliphatic heterocycles. The van der Waals surface area contributed by atoms with Crippen LogP contribution in [-0.2, 0) is 10.2 Å². The van der Waals surface area contributed by atoms with Crippen LogP contribution in [0.1, 0.15) is 33.6 Å². The summed E-state index contributed by atoms with van der Waals surface area (Å²) >= 11 is 0. The molecule has 0 unspecified atom stereocenters. The second kappa shape index (κ2) is 5.68. The largest absolute Gasteiger partial charge is 0.314 e. The van der Waals surface area contributed by atoms with Gasteiger partial charge in [0.15, 0.2) is 0 Å². The molecule has 0 atom stereocenters. The van der Waals surface area contributed by atoms with Crippen LogP contribution in [0.25, 0.3) is 0 Å². The van der Waals surface area contributed by atoms with Gasteiger partial charge in [0.2, 0.25) is 0 Å². The molecule has 0 aromatic heterocycles. The molecule has 2 aliphatic rings. The SMILES string of the molecule is CC(C)(C)C1CCN(S(=O)(=O)N2CCNCC2)CC1. The molecule has 2 saturated heterocycles. The summed E-state index contributed by atoms with van der Waals surface area (Å²) in [6.45, 7) is 10.8. The van der Waals surface area contributed by atoms with Gasteiger partial charge in [-0.2, -0.15) is 17.0 Å². The van der Waals surface area contributed by atoms with Gasteiger partial charge in [0, 0.05) is 39.3 Å². The number of hydrogen-bond acceptors (Lipinski definition) is 3. The number of hydrogen-bond donors (Lipinski definition) is 1. The van der Waals surface area contributed by atoms with E-state index in [-0.39, 0.29) is 5.41 Å². The molecule has 0 radical (unpaired) electrons. The highest BCUT2D eigenvalue weighted by atomic mass is 32.2. The second-order valence-electron chi connectivity index (χ2n) is 6.70. The Balaban J connectivity index is 1.96. The molecule has 0 bridgehead atoms. The maximum Gasteiger partial charge on any atom is 0.282 e. The van der Waals surface area contributed by atoms with Gasteiger partial charge in [0.1, 0.15) is 0 Å². The van der Waals surface area contributed by atoms with Gasteiger partial charge in [-0.05, 0) is 24.2 Å². The summed E-state index contributed by atoms with van der Waals surface area (Å²) in [5, 5.41) is 3.19. The first kappa shape index (κ1) is 15.2. The van der Waals surface area contributed by atoms with E-state index in [0.29, 0.717) is 32.1 Å². The van der Waals surface area contributed by atoms with Crippen LogP contribution in [0.2, 0.25) is 0 Å². The van der Waals surface area contributed by atoms with E-state index in [0.717, 1.165) is 25.9 Å². The highest BCUT2D eigenvalue weighted by Crippen LogP contribution is 2.35. The Morgan fingerprint density at radius 1 is 0.947 bits per heavy atom. The van der Waals surface area contributed by atoms with E-state index in [1.54, 1.807) is 8.61 Å². The zero-order valence-electron chi connectivity index (χ0n) is 12.4. The highest BCUT2D eigenvalue weighted by Gasteiger charge is 2.36. The predicted octanol–water partition coefficient (Wildman–Crippen LogP) is 0.895. The first-order valence-corrected chi connectivity index (χ1v) is 8.67. The van der Waals surface area contributed by atoms with Gasteiger partial charge in [0.25, 0.3) is 10.2 Å². The summed E-state index contributed by atoms with van der Waals surface area (Å²) in [6, 6.07) is 0. The van der Waals surface area contributed by atoms with Crippen molar-refractivity contribution < 1.29 is 8.42 Å². The van der Waals surface area contributed by atoms with Crippen LogP contribution in [0.3, 0.4) is 0 Å². The predicted molar refractivity (Wildman–Crippen MR) is 77.1 cm³/mol. The first-order valence-electron chi connectivity index (χ1n) is 7.28. The molecule has 1 N–H and O–H groups in total. The van der Waals surface area contributed by atoms with Gasteiger partial charge in [-0.15, -0.1) is 0 Å². The minimum Gasteiger partial charge on any atom is -0.314 e. The summed E-state index contributed by atoms with van der Waals surface area (Å²) in [5.41, 5.74) is 0.283. The van der Waals surface area contributed by atoms with Gasteiger partial charge in [-0.3, -0.25) is 0 Å². The molecule has 0 aromatic carbocycles. The smallest absolute Gasteiger partial charge is 0.282 e. The third-order valence-electron chi connectivity index (χ3n) is 4.41. The highest BCUT2D eigenvalue weighted by molar-refractivity contribution is 7.86. The lowest BCUT2D eigenvalue weighted by molar-refractivity contribution is 0.149.